The van der Waals surface area contributed by atoms with Gasteiger partial charge in [-0.2, -0.15) is 0 Å². The Labute approximate surface area is 102 Å². The van der Waals surface area contributed by atoms with Gasteiger partial charge in [-0.3, -0.25) is 0 Å². The van der Waals surface area contributed by atoms with Crippen molar-refractivity contribution in [1.82, 2.24) is 0 Å². The maximum atomic E-state index is 11.1. The van der Waals surface area contributed by atoms with Crippen LogP contribution in [0.3, 0.4) is 0 Å². The number of benzene rings is 1. The van der Waals surface area contributed by atoms with Crippen LogP contribution in [0.2, 0.25) is 0 Å². The second kappa shape index (κ2) is 5.86. The number of aromatic carboxylic acids is 1. The first-order valence-corrected chi connectivity index (χ1v) is 5.74. The number of carboxylic acids is 1. The Morgan fingerprint density at radius 3 is 2.81 bits per heavy atom. The van der Waals surface area contributed by atoms with Crippen LogP contribution in [0.4, 0.5) is 5.69 Å². The van der Waals surface area contributed by atoms with E-state index in [9.17, 15) is 4.79 Å². The fourth-order valence-corrected chi connectivity index (χ4v) is 1.93. The summed E-state index contributed by atoms with van der Waals surface area (Å²) in [5.41, 5.74) is 0.773. The molecule has 0 saturated heterocycles. The number of hydrogen-bond donors (Lipinski definition) is 3. The van der Waals surface area contributed by atoms with Crippen molar-refractivity contribution in [2.24, 2.45) is 0 Å². The minimum Gasteiger partial charge on any atom is -0.478 e. The quantitative estimate of drug-likeness (QED) is 0.777. The summed E-state index contributed by atoms with van der Waals surface area (Å²) in [6.07, 6.45) is 0.575. The summed E-state index contributed by atoms with van der Waals surface area (Å²) >= 11 is 3.21. The Bertz CT molecular complexity index is 381. The van der Waals surface area contributed by atoms with Crippen molar-refractivity contribution in [3.05, 3.63) is 28.2 Å². The van der Waals surface area contributed by atoms with Crippen LogP contribution in [0.25, 0.3) is 0 Å². The zero-order valence-electron chi connectivity index (χ0n) is 8.90. The van der Waals surface area contributed by atoms with E-state index in [4.69, 9.17) is 10.2 Å². The lowest BCUT2D eigenvalue weighted by Gasteiger charge is -2.16. The van der Waals surface area contributed by atoms with Crippen LogP contribution in [0, 0.1) is 0 Å². The second-order valence-corrected chi connectivity index (χ2v) is 4.38. The number of nitrogens with one attached hydrogen (secondary N) is 1. The predicted octanol–water partition coefficient (Wildman–Crippen LogP) is 2.33. The molecule has 5 heteroatoms. The van der Waals surface area contributed by atoms with Crippen LogP contribution < -0.4 is 5.32 Å². The van der Waals surface area contributed by atoms with E-state index in [-0.39, 0.29) is 18.2 Å². The molecule has 4 nitrogen and oxygen atoms in total. The summed E-state index contributed by atoms with van der Waals surface area (Å²) in [7, 11) is 0. The van der Waals surface area contributed by atoms with Gasteiger partial charge in [0.15, 0.2) is 0 Å². The lowest BCUT2D eigenvalue weighted by atomic mass is 10.1. The average molecular weight is 288 g/mol. The zero-order chi connectivity index (χ0) is 12.1. The van der Waals surface area contributed by atoms with Crippen LogP contribution in [0.5, 0.6) is 0 Å². The Morgan fingerprint density at radius 1 is 1.56 bits per heavy atom. The molecule has 0 aromatic heterocycles. The van der Waals surface area contributed by atoms with Gasteiger partial charge >= 0.3 is 5.97 Å². The Kier molecular flexibility index (Phi) is 4.76. The van der Waals surface area contributed by atoms with Crippen molar-refractivity contribution in [3.63, 3.8) is 0 Å². The molecule has 1 aromatic carbocycles. The first-order valence-electron chi connectivity index (χ1n) is 4.95. The highest BCUT2D eigenvalue weighted by Crippen LogP contribution is 2.25. The van der Waals surface area contributed by atoms with E-state index >= 15 is 0 Å². The summed E-state index contributed by atoms with van der Waals surface area (Å²) in [5, 5.41) is 20.9. The molecular formula is C11H14BrNO3. The number of aliphatic hydroxyl groups excluding tert-OH is 1. The van der Waals surface area contributed by atoms with E-state index in [1.165, 1.54) is 0 Å². The van der Waals surface area contributed by atoms with E-state index < -0.39 is 5.97 Å². The van der Waals surface area contributed by atoms with Crippen LogP contribution in [-0.4, -0.2) is 28.8 Å². The maximum absolute atomic E-state index is 11.1. The van der Waals surface area contributed by atoms with Crippen LogP contribution >= 0.6 is 15.9 Å². The maximum Gasteiger partial charge on any atom is 0.338 e. The topological polar surface area (TPSA) is 69.6 Å². The normalized spacial score (nSPS) is 12.2. The largest absolute Gasteiger partial charge is 0.478 e. The molecule has 1 atom stereocenters. The molecule has 0 amide bonds. The van der Waals surface area contributed by atoms with Gasteiger partial charge in [0.25, 0.3) is 0 Å². The molecule has 0 aliphatic heterocycles. The first kappa shape index (κ1) is 13.0. The fraction of sp³-hybridized carbons (Fsp3) is 0.364. The summed E-state index contributed by atoms with van der Waals surface area (Å²) in [6.45, 7) is 1.97. The highest BCUT2D eigenvalue weighted by Gasteiger charge is 2.14. The predicted molar refractivity (Wildman–Crippen MR) is 65.9 cm³/mol. The molecule has 1 aromatic rings. The van der Waals surface area contributed by atoms with E-state index in [0.29, 0.717) is 16.6 Å². The summed E-state index contributed by atoms with van der Waals surface area (Å²) < 4.78 is 0.543. The molecule has 1 rings (SSSR count). The first-order chi connectivity index (χ1) is 7.56. The van der Waals surface area contributed by atoms with Crippen molar-refractivity contribution in [2.75, 3.05) is 11.9 Å². The number of hydrogen-bond acceptors (Lipinski definition) is 3. The Morgan fingerprint density at radius 2 is 2.25 bits per heavy atom. The lowest BCUT2D eigenvalue weighted by Crippen LogP contribution is -2.18. The summed E-state index contributed by atoms with van der Waals surface area (Å²) in [6, 6.07) is 5.19. The highest BCUT2D eigenvalue weighted by molar-refractivity contribution is 9.10. The fourth-order valence-electron chi connectivity index (χ4n) is 1.39. The molecule has 0 radical (unpaired) electrons. The van der Waals surface area contributed by atoms with Crippen molar-refractivity contribution in [1.29, 1.82) is 0 Å². The van der Waals surface area contributed by atoms with Crippen molar-refractivity contribution >= 4 is 27.6 Å². The molecular weight excluding hydrogens is 274 g/mol. The van der Waals surface area contributed by atoms with E-state index in [1.54, 1.807) is 18.2 Å². The van der Waals surface area contributed by atoms with Crippen LogP contribution in [0.1, 0.15) is 23.7 Å². The molecule has 0 aliphatic carbocycles. The van der Waals surface area contributed by atoms with Crippen molar-refractivity contribution < 1.29 is 15.0 Å². The molecule has 1 unspecified atom stereocenters. The van der Waals surface area contributed by atoms with E-state index in [1.807, 2.05) is 6.92 Å². The molecule has 0 saturated carbocycles. The monoisotopic (exact) mass is 287 g/mol. The highest BCUT2D eigenvalue weighted by atomic mass is 79.9. The van der Waals surface area contributed by atoms with Crippen molar-refractivity contribution in [3.8, 4) is 0 Å². The summed E-state index contributed by atoms with van der Waals surface area (Å²) in [5.74, 6) is -0.980. The van der Waals surface area contributed by atoms with Crippen molar-refractivity contribution in [2.45, 2.75) is 19.4 Å². The minimum atomic E-state index is -0.980. The van der Waals surface area contributed by atoms with E-state index in [2.05, 4.69) is 21.2 Å². The molecule has 0 heterocycles. The van der Waals surface area contributed by atoms with Gasteiger partial charge in [-0.1, -0.05) is 6.07 Å². The van der Waals surface area contributed by atoms with Gasteiger partial charge in [0, 0.05) is 17.1 Å². The number of carbonyl (C=O) groups is 1. The third-order valence-corrected chi connectivity index (χ3v) is 2.85. The van der Waals surface area contributed by atoms with Gasteiger partial charge < -0.3 is 15.5 Å². The van der Waals surface area contributed by atoms with Gasteiger partial charge in [0.05, 0.1) is 11.3 Å². The van der Waals surface area contributed by atoms with E-state index in [0.717, 1.165) is 0 Å². The standard InChI is InChI=1S/C11H14BrNO3/c1-7(5-6-14)13-9-4-2-3-8(12)10(9)11(15)16/h2-4,7,13-14H,5-6H2,1H3,(H,15,16). The van der Waals surface area contributed by atoms with Gasteiger partial charge in [-0.25, -0.2) is 4.79 Å². The molecule has 88 valence electrons. The van der Waals surface area contributed by atoms with Gasteiger partial charge in [0.1, 0.15) is 0 Å². The average Bonchev–Trinajstić information content (AvgIpc) is 2.17. The SMILES string of the molecule is CC(CCO)Nc1cccc(Br)c1C(=O)O. The molecule has 0 aliphatic rings. The Hall–Kier alpha value is -1.07. The number of halogens is 1. The molecule has 0 spiro atoms. The third kappa shape index (κ3) is 3.21. The van der Waals surface area contributed by atoms with Crippen LogP contribution in [0.15, 0.2) is 22.7 Å². The zero-order valence-corrected chi connectivity index (χ0v) is 10.5. The molecule has 3 N–H and O–H groups in total. The molecule has 16 heavy (non-hydrogen) atoms. The van der Waals surface area contributed by atoms with Gasteiger partial charge in [0.2, 0.25) is 0 Å². The summed E-state index contributed by atoms with van der Waals surface area (Å²) in [4.78, 5) is 11.1. The molecule has 0 fully saturated rings. The number of aliphatic hydroxyl groups is 1. The minimum absolute atomic E-state index is 0.0254. The number of carboxylic acid groups (broad SMARTS) is 1. The molecule has 0 bridgehead atoms. The lowest BCUT2D eigenvalue weighted by molar-refractivity contribution is 0.0697. The third-order valence-electron chi connectivity index (χ3n) is 2.19. The van der Waals surface area contributed by atoms with Gasteiger partial charge in [-0.05, 0) is 41.4 Å². The smallest absolute Gasteiger partial charge is 0.338 e. The second-order valence-electron chi connectivity index (χ2n) is 3.53. The van der Waals surface area contributed by atoms with Gasteiger partial charge in [-0.15, -0.1) is 0 Å². The number of rotatable bonds is 5. The number of anilines is 1. The Balaban J connectivity index is 2.95. The van der Waals surface area contributed by atoms with Crippen LogP contribution in [-0.2, 0) is 0 Å².